The Labute approximate surface area is 162 Å². The van der Waals surface area contributed by atoms with E-state index in [2.05, 4.69) is 28.3 Å². The van der Waals surface area contributed by atoms with Gasteiger partial charge in [0.2, 0.25) is 10.0 Å². The molecule has 1 aromatic carbocycles. The minimum atomic E-state index is -3.65. The van der Waals surface area contributed by atoms with E-state index >= 15 is 0 Å². The number of nitrogens with one attached hydrogen (secondary N) is 3. The molecule has 1 aromatic rings. The van der Waals surface area contributed by atoms with Crippen molar-refractivity contribution in [2.75, 3.05) is 17.6 Å². The Bertz CT molecular complexity index is 773. The number of aryl methyl sites for hydroxylation is 2. The summed E-state index contributed by atoms with van der Waals surface area (Å²) in [5, 5.41) is 6.14. The summed E-state index contributed by atoms with van der Waals surface area (Å²) in [6.07, 6.45) is 7.64. The fraction of sp³-hybridized carbons (Fsp3) is 0.650. The number of carbonyl (C=O) groups is 1. The third kappa shape index (κ3) is 5.02. The van der Waals surface area contributed by atoms with Gasteiger partial charge in [-0.3, -0.25) is 0 Å². The molecule has 0 spiro atoms. The van der Waals surface area contributed by atoms with Crippen LogP contribution in [0.4, 0.5) is 10.5 Å². The van der Waals surface area contributed by atoms with Crippen LogP contribution in [0.15, 0.2) is 6.07 Å². The summed E-state index contributed by atoms with van der Waals surface area (Å²) in [4.78, 5) is 12.4. The van der Waals surface area contributed by atoms with E-state index < -0.39 is 16.1 Å². The molecule has 2 amide bonds. The van der Waals surface area contributed by atoms with Gasteiger partial charge in [-0.2, -0.15) is 0 Å². The van der Waals surface area contributed by atoms with Crippen molar-refractivity contribution in [2.45, 2.75) is 71.3 Å². The highest BCUT2D eigenvalue weighted by molar-refractivity contribution is 7.90. The maximum Gasteiger partial charge on any atom is 0.332 e. The summed E-state index contributed by atoms with van der Waals surface area (Å²) in [5.41, 5.74) is 5.87. The number of hydrogen-bond acceptors (Lipinski definition) is 4. The zero-order valence-corrected chi connectivity index (χ0v) is 17.2. The van der Waals surface area contributed by atoms with Crippen LogP contribution in [-0.2, 0) is 35.7 Å². The molecule has 0 saturated heterocycles. The van der Waals surface area contributed by atoms with E-state index in [1.807, 2.05) is 6.92 Å². The second-order valence-electron chi connectivity index (χ2n) is 7.75. The third-order valence-electron chi connectivity index (χ3n) is 5.52. The first kappa shape index (κ1) is 20.1. The van der Waals surface area contributed by atoms with Crippen LogP contribution in [-0.4, -0.2) is 32.8 Å². The Hall–Kier alpha value is -1.60. The first-order valence-corrected chi connectivity index (χ1v) is 11.8. The molecule has 7 heteroatoms. The van der Waals surface area contributed by atoms with Gasteiger partial charge in [-0.25, -0.2) is 17.9 Å². The highest BCUT2D eigenvalue weighted by Crippen LogP contribution is 2.38. The molecule has 150 valence electrons. The number of anilines is 1. The molecule has 6 nitrogen and oxygen atoms in total. The Balaban J connectivity index is 1.63. The number of hydrogen-bond donors (Lipinski definition) is 3. The lowest BCUT2D eigenvalue weighted by molar-refractivity contribution is 0.256. The maximum absolute atomic E-state index is 12.4. The quantitative estimate of drug-likeness (QED) is 0.634. The van der Waals surface area contributed by atoms with Crippen LogP contribution in [0.2, 0.25) is 0 Å². The van der Waals surface area contributed by atoms with Gasteiger partial charge in [-0.1, -0.05) is 13.0 Å². The zero-order chi connectivity index (χ0) is 19.4. The summed E-state index contributed by atoms with van der Waals surface area (Å²) >= 11 is 0. The largest absolute Gasteiger partial charge is 0.332 e. The molecule has 0 radical (unpaired) electrons. The lowest BCUT2D eigenvalue weighted by atomic mass is 9.99. The van der Waals surface area contributed by atoms with Crippen molar-refractivity contribution in [2.24, 2.45) is 0 Å². The molecular formula is C20H31N3O3S. The number of urea groups is 1. The molecule has 0 aliphatic heterocycles. The van der Waals surface area contributed by atoms with Gasteiger partial charge < -0.3 is 10.6 Å². The molecule has 2 aliphatic carbocycles. The van der Waals surface area contributed by atoms with E-state index in [-0.39, 0.29) is 11.8 Å². The van der Waals surface area contributed by atoms with Gasteiger partial charge in [-0.05, 0) is 87.1 Å². The molecule has 3 N–H and O–H groups in total. The fourth-order valence-corrected chi connectivity index (χ4v) is 5.22. The fourth-order valence-electron chi connectivity index (χ4n) is 4.12. The minimum Gasteiger partial charge on any atom is -0.314 e. The zero-order valence-electron chi connectivity index (χ0n) is 16.4. The molecule has 0 saturated carbocycles. The van der Waals surface area contributed by atoms with Gasteiger partial charge >= 0.3 is 6.03 Å². The Morgan fingerprint density at radius 1 is 1.11 bits per heavy atom. The van der Waals surface area contributed by atoms with E-state index in [1.165, 1.54) is 22.3 Å². The number of fused-ring (bicyclic) bond motifs is 2. The highest BCUT2D eigenvalue weighted by Gasteiger charge is 2.26. The van der Waals surface area contributed by atoms with Crippen LogP contribution in [0.1, 0.15) is 61.8 Å². The Morgan fingerprint density at radius 3 is 2.33 bits per heavy atom. The minimum absolute atomic E-state index is 0.0662. The van der Waals surface area contributed by atoms with Gasteiger partial charge in [-0.15, -0.1) is 0 Å². The summed E-state index contributed by atoms with van der Waals surface area (Å²) in [6, 6.07) is 1.75. The lowest BCUT2D eigenvalue weighted by Gasteiger charge is -2.17. The molecule has 1 atom stereocenters. The van der Waals surface area contributed by atoms with Crippen LogP contribution in [0.5, 0.6) is 0 Å². The normalized spacial score (nSPS) is 16.7. The number of amides is 2. The van der Waals surface area contributed by atoms with E-state index in [4.69, 9.17) is 0 Å². The van der Waals surface area contributed by atoms with Crippen LogP contribution in [0.25, 0.3) is 0 Å². The number of carbonyl (C=O) groups excluding carboxylic acids is 1. The monoisotopic (exact) mass is 393 g/mol. The average Bonchev–Trinajstić information content (AvgIpc) is 3.26. The van der Waals surface area contributed by atoms with Crippen molar-refractivity contribution in [1.29, 1.82) is 0 Å². The molecule has 0 heterocycles. The Morgan fingerprint density at radius 2 is 1.74 bits per heavy atom. The van der Waals surface area contributed by atoms with Crippen LogP contribution < -0.4 is 15.4 Å². The van der Waals surface area contributed by atoms with Gasteiger partial charge in [0.1, 0.15) is 0 Å². The highest BCUT2D eigenvalue weighted by atomic mass is 32.2. The summed E-state index contributed by atoms with van der Waals surface area (Å²) in [5.74, 6) is -0.0662. The summed E-state index contributed by atoms with van der Waals surface area (Å²) in [6.45, 7) is 4.89. The third-order valence-corrected chi connectivity index (χ3v) is 6.79. The SMILES string of the molecule is CCCNC(C)CCS(=O)(=O)NC(=O)Nc1c2c(cc3c1CCC3)CCC2. The average molecular weight is 394 g/mol. The smallest absolute Gasteiger partial charge is 0.314 e. The maximum atomic E-state index is 12.4. The molecular weight excluding hydrogens is 362 g/mol. The van der Waals surface area contributed by atoms with Crippen molar-refractivity contribution in [3.8, 4) is 0 Å². The van der Waals surface area contributed by atoms with Crippen molar-refractivity contribution < 1.29 is 13.2 Å². The second-order valence-corrected chi connectivity index (χ2v) is 9.59. The molecule has 1 unspecified atom stereocenters. The van der Waals surface area contributed by atoms with Gasteiger partial charge in [0.25, 0.3) is 0 Å². The predicted molar refractivity (Wildman–Crippen MR) is 109 cm³/mol. The van der Waals surface area contributed by atoms with Crippen molar-refractivity contribution in [3.05, 3.63) is 28.3 Å². The first-order valence-electron chi connectivity index (χ1n) is 10.1. The number of rotatable bonds is 8. The van der Waals surface area contributed by atoms with Crippen molar-refractivity contribution >= 4 is 21.7 Å². The van der Waals surface area contributed by atoms with Gasteiger partial charge in [0.15, 0.2) is 0 Å². The lowest BCUT2D eigenvalue weighted by Crippen LogP contribution is -2.38. The van der Waals surface area contributed by atoms with Crippen LogP contribution >= 0.6 is 0 Å². The van der Waals surface area contributed by atoms with Crippen LogP contribution in [0.3, 0.4) is 0 Å². The van der Waals surface area contributed by atoms with E-state index in [1.54, 1.807) is 0 Å². The number of benzene rings is 1. The second kappa shape index (κ2) is 8.61. The molecule has 0 fully saturated rings. The first-order chi connectivity index (χ1) is 12.9. The van der Waals surface area contributed by atoms with Gasteiger partial charge in [0.05, 0.1) is 5.75 Å². The van der Waals surface area contributed by atoms with Gasteiger partial charge in [0, 0.05) is 11.7 Å². The van der Waals surface area contributed by atoms with E-state index in [0.29, 0.717) is 6.42 Å². The summed E-state index contributed by atoms with van der Waals surface area (Å²) < 4.78 is 26.7. The summed E-state index contributed by atoms with van der Waals surface area (Å²) in [7, 11) is -3.65. The topological polar surface area (TPSA) is 87.3 Å². The van der Waals surface area contributed by atoms with Crippen molar-refractivity contribution in [3.63, 3.8) is 0 Å². The molecule has 0 bridgehead atoms. The predicted octanol–water partition coefficient (Wildman–Crippen LogP) is 2.89. The Kier molecular flexibility index (Phi) is 6.42. The molecule has 2 aliphatic rings. The van der Waals surface area contributed by atoms with Crippen LogP contribution in [0, 0.1) is 0 Å². The van der Waals surface area contributed by atoms with E-state index in [0.717, 1.165) is 57.2 Å². The molecule has 27 heavy (non-hydrogen) atoms. The van der Waals surface area contributed by atoms with Crippen molar-refractivity contribution in [1.82, 2.24) is 10.0 Å². The molecule has 0 aromatic heterocycles. The van der Waals surface area contributed by atoms with E-state index in [9.17, 15) is 13.2 Å². The standard InChI is InChI=1S/C20H31N3O3S/c1-3-11-21-14(2)10-12-27(25,26)23-20(24)22-19-17-8-4-6-15(17)13-16-7-5-9-18(16)19/h13-14,21H,3-12H2,1-2H3,(H2,22,23,24). The molecule has 3 rings (SSSR count). The number of sulfonamides is 1.